The maximum atomic E-state index is 6.01. The highest BCUT2D eigenvalue weighted by molar-refractivity contribution is 6.31. The molecule has 0 aromatic carbocycles. The van der Waals surface area contributed by atoms with Crippen LogP contribution < -0.4 is 10.6 Å². The van der Waals surface area contributed by atoms with E-state index in [2.05, 4.69) is 29.5 Å². The average Bonchev–Trinajstić information content (AvgIpc) is 2.19. The van der Waals surface area contributed by atoms with E-state index in [1.54, 1.807) is 0 Å². The van der Waals surface area contributed by atoms with E-state index in [9.17, 15) is 0 Å². The van der Waals surface area contributed by atoms with Crippen molar-refractivity contribution in [1.82, 2.24) is 10.3 Å². The van der Waals surface area contributed by atoms with E-state index in [-0.39, 0.29) is 0 Å². The van der Waals surface area contributed by atoms with E-state index in [1.807, 2.05) is 19.2 Å². The molecule has 0 bridgehead atoms. The van der Waals surface area contributed by atoms with Crippen LogP contribution in [0.3, 0.4) is 0 Å². The summed E-state index contributed by atoms with van der Waals surface area (Å²) in [7, 11) is 1.88. The maximum absolute atomic E-state index is 6.01. The summed E-state index contributed by atoms with van der Waals surface area (Å²) in [6.07, 6.45) is 0. The Labute approximate surface area is 96.2 Å². The second-order valence-electron chi connectivity index (χ2n) is 3.93. The molecule has 0 fully saturated rings. The van der Waals surface area contributed by atoms with Crippen molar-refractivity contribution in [3.63, 3.8) is 0 Å². The predicted octanol–water partition coefficient (Wildman–Crippen LogP) is 2.52. The van der Waals surface area contributed by atoms with Gasteiger partial charge in [-0.05, 0) is 25.1 Å². The number of rotatable bonds is 5. The summed E-state index contributed by atoms with van der Waals surface area (Å²) in [5.74, 6) is 1.49. The molecule has 0 unspecified atom stereocenters. The Morgan fingerprint density at radius 2 is 2.13 bits per heavy atom. The molecule has 0 aliphatic heterocycles. The fourth-order valence-electron chi connectivity index (χ4n) is 1.18. The van der Waals surface area contributed by atoms with Crippen molar-refractivity contribution in [2.45, 2.75) is 20.4 Å². The molecule has 0 aliphatic rings. The van der Waals surface area contributed by atoms with Crippen molar-refractivity contribution in [3.8, 4) is 0 Å². The summed E-state index contributed by atoms with van der Waals surface area (Å²) < 4.78 is 0. The standard InChI is InChI=1S/C11H18ClN3/c1-8(2)6-14-11-5-4-9(12)10(15-11)7-13-3/h4-5,8,13H,6-7H2,1-3H3,(H,14,15). The van der Waals surface area contributed by atoms with E-state index >= 15 is 0 Å². The molecule has 0 aliphatic carbocycles. The van der Waals surface area contributed by atoms with Crippen molar-refractivity contribution in [3.05, 3.63) is 22.8 Å². The SMILES string of the molecule is CNCc1nc(NCC(C)C)ccc1Cl. The summed E-state index contributed by atoms with van der Waals surface area (Å²) in [5, 5.41) is 7.02. The van der Waals surface area contributed by atoms with Crippen LogP contribution >= 0.6 is 11.6 Å². The highest BCUT2D eigenvalue weighted by atomic mass is 35.5. The maximum Gasteiger partial charge on any atom is 0.126 e. The molecule has 1 rings (SSSR count). The molecule has 0 radical (unpaired) electrons. The van der Waals surface area contributed by atoms with Gasteiger partial charge in [0, 0.05) is 13.1 Å². The second-order valence-corrected chi connectivity index (χ2v) is 4.34. The molecular formula is C11H18ClN3. The fraction of sp³-hybridized carbons (Fsp3) is 0.545. The lowest BCUT2D eigenvalue weighted by atomic mass is 10.2. The van der Waals surface area contributed by atoms with Gasteiger partial charge in [0.1, 0.15) is 5.82 Å². The lowest BCUT2D eigenvalue weighted by Crippen LogP contribution is -2.12. The lowest BCUT2D eigenvalue weighted by molar-refractivity contribution is 0.686. The molecule has 0 amide bonds. The monoisotopic (exact) mass is 227 g/mol. The van der Waals surface area contributed by atoms with E-state index in [4.69, 9.17) is 11.6 Å². The molecule has 0 saturated heterocycles. The Hall–Kier alpha value is -0.800. The molecule has 0 atom stereocenters. The van der Waals surface area contributed by atoms with Gasteiger partial charge in [-0.25, -0.2) is 4.98 Å². The summed E-state index contributed by atoms with van der Waals surface area (Å²) in [5.41, 5.74) is 0.882. The number of hydrogen-bond acceptors (Lipinski definition) is 3. The third-order valence-corrected chi connectivity index (χ3v) is 2.30. The van der Waals surface area contributed by atoms with Crippen LogP contribution in [0.25, 0.3) is 0 Å². The van der Waals surface area contributed by atoms with Crippen molar-refractivity contribution in [1.29, 1.82) is 0 Å². The molecular weight excluding hydrogens is 210 g/mol. The summed E-state index contributed by atoms with van der Waals surface area (Å²) in [6.45, 7) is 5.94. The highest BCUT2D eigenvalue weighted by Crippen LogP contribution is 2.16. The molecule has 0 spiro atoms. The number of pyridine rings is 1. The Kier molecular flexibility index (Phi) is 4.85. The van der Waals surface area contributed by atoms with Gasteiger partial charge in [-0.3, -0.25) is 0 Å². The van der Waals surface area contributed by atoms with Gasteiger partial charge in [0.2, 0.25) is 0 Å². The van der Waals surface area contributed by atoms with Gasteiger partial charge in [-0.2, -0.15) is 0 Å². The van der Waals surface area contributed by atoms with Crippen LogP contribution in [0.2, 0.25) is 5.02 Å². The zero-order valence-electron chi connectivity index (χ0n) is 9.47. The van der Waals surface area contributed by atoms with Gasteiger partial charge >= 0.3 is 0 Å². The predicted molar refractivity (Wildman–Crippen MR) is 65.3 cm³/mol. The first kappa shape index (κ1) is 12.3. The van der Waals surface area contributed by atoms with E-state index < -0.39 is 0 Å². The molecule has 1 heterocycles. The molecule has 15 heavy (non-hydrogen) atoms. The zero-order valence-corrected chi connectivity index (χ0v) is 10.2. The van der Waals surface area contributed by atoms with E-state index in [1.165, 1.54) is 0 Å². The number of halogens is 1. The Morgan fingerprint density at radius 1 is 1.40 bits per heavy atom. The number of hydrogen-bond donors (Lipinski definition) is 2. The molecule has 1 aromatic rings. The van der Waals surface area contributed by atoms with Crippen LogP contribution in [0.5, 0.6) is 0 Å². The van der Waals surface area contributed by atoms with Crippen LogP contribution in [-0.2, 0) is 6.54 Å². The van der Waals surface area contributed by atoms with Crippen molar-refractivity contribution in [2.24, 2.45) is 5.92 Å². The summed E-state index contributed by atoms with van der Waals surface area (Å²) in [6, 6.07) is 3.79. The van der Waals surface area contributed by atoms with Gasteiger partial charge in [-0.1, -0.05) is 25.4 Å². The van der Waals surface area contributed by atoms with Crippen molar-refractivity contribution < 1.29 is 0 Å². The first-order chi connectivity index (χ1) is 7.13. The van der Waals surface area contributed by atoms with Crippen LogP contribution in [0, 0.1) is 5.92 Å². The minimum absolute atomic E-state index is 0.607. The van der Waals surface area contributed by atoms with Gasteiger partial charge in [-0.15, -0.1) is 0 Å². The average molecular weight is 228 g/mol. The number of anilines is 1. The summed E-state index contributed by atoms with van der Waals surface area (Å²) >= 11 is 6.01. The Morgan fingerprint density at radius 3 is 2.73 bits per heavy atom. The van der Waals surface area contributed by atoms with Crippen LogP contribution in [0.1, 0.15) is 19.5 Å². The van der Waals surface area contributed by atoms with Crippen LogP contribution in [-0.4, -0.2) is 18.6 Å². The molecule has 4 heteroatoms. The topological polar surface area (TPSA) is 37.0 Å². The lowest BCUT2D eigenvalue weighted by Gasteiger charge is -2.10. The molecule has 2 N–H and O–H groups in total. The van der Waals surface area contributed by atoms with E-state index in [0.717, 1.165) is 18.1 Å². The Bertz CT molecular complexity index is 313. The zero-order chi connectivity index (χ0) is 11.3. The van der Waals surface area contributed by atoms with Gasteiger partial charge in [0.25, 0.3) is 0 Å². The van der Waals surface area contributed by atoms with Crippen LogP contribution in [0.15, 0.2) is 12.1 Å². The largest absolute Gasteiger partial charge is 0.370 e. The number of nitrogens with one attached hydrogen (secondary N) is 2. The van der Waals surface area contributed by atoms with Crippen molar-refractivity contribution >= 4 is 17.4 Å². The first-order valence-corrected chi connectivity index (χ1v) is 5.55. The number of aromatic nitrogens is 1. The minimum Gasteiger partial charge on any atom is -0.370 e. The first-order valence-electron chi connectivity index (χ1n) is 5.17. The van der Waals surface area contributed by atoms with Gasteiger partial charge in [0.15, 0.2) is 0 Å². The third kappa shape index (κ3) is 4.06. The molecule has 3 nitrogen and oxygen atoms in total. The van der Waals surface area contributed by atoms with Crippen molar-refractivity contribution in [2.75, 3.05) is 18.9 Å². The molecule has 1 aromatic heterocycles. The smallest absolute Gasteiger partial charge is 0.126 e. The second kappa shape index (κ2) is 5.93. The molecule has 84 valence electrons. The third-order valence-electron chi connectivity index (χ3n) is 1.95. The van der Waals surface area contributed by atoms with Gasteiger partial charge in [0.05, 0.1) is 10.7 Å². The fourth-order valence-corrected chi connectivity index (χ4v) is 1.35. The minimum atomic E-state index is 0.607. The van der Waals surface area contributed by atoms with Gasteiger partial charge < -0.3 is 10.6 Å². The van der Waals surface area contributed by atoms with Crippen LogP contribution in [0.4, 0.5) is 5.82 Å². The number of nitrogens with zero attached hydrogens (tertiary/aromatic N) is 1. The molecule has 0 saturated carbocycles. The Balaban J connectivity index is 2.69. The quantitative estimate of drug-likeness (QED) is 0.812. The van der Waals surface area contributed by atoms with E-state index in [0.29, 0.717) is 17.5 Å². The normalized spacial score (nSPS) is 10.7. The summed E-state index contributed by atoms with van der Waals surface area (Å²) in [4.78, 5) is 4.43. The highest BCUT2D eigenvalue weighted by Gasteiger charge is 2.03.